The van der Waals surface area contributed by atoms with Crippen LogP contribution in [0.1, 0.15) is 18.5 Å². The van der Waals surface area contributed by atoms with Crippen LogP contribution >= 0.6 is 0 Å². The van der Waals surface area contributed by atoms with Gasteiger partial charge in [0.2, 0.25) is 0 Å². The Morgan fingerprint density at radius 1 is 1.62 bits per heavy atom. The van der Waals surface area contributed by atoms with E-state index in [-0.39, 0.29) is 0 Å². The van der Waals surface area contributed by atoms with Crippen LogP contribution in [-0.2, 0) is 4.79 Å². The lowest BCUT2D eigenvalue weighted by Crippen LogP contribution is -1.94. The molecule has 1 aromatic heterocycles. The number of hydrogen-bond acceptors (Lipinski definition) is 1. The molecule has 1 aromatic rings. The Morgan fingerprint density at radius 2 is 2.38 bits per heavy atom. The predicted molar refractivity (Wildman–Crippen MR) is 49.1 cm³/mol. The number of nitrogens with one attached hydrogen (secondary N) is 1. The zero-order valence-corrected chi connectivity index (χ0v) is 7.16. The Kier molecular flexibility index (Phi) is 1.93. The number of aromatic nitrogens is 1. The van der Waals surface area contributed by atoms with Crippen LogP contribution in [0.4, 0.5) is 0 Å². The van der Waals surface area contributed by atoms with Crippen molar-refractivity contribution >= 4 is 11.5 Å². The van der Waals surface area contributed by atoms with E-state index in [2.05, 4.69) is 4.98 Å². The van der Waals surface area contributed by atoms with Crippen molar-refractivity contribution < 1.29 is 9.90 Å². The van der Waals surface area contributed by atoms with Crippen LogP contribution in [0.25, 0.3) is 5.57 Å². The Hall–Kier alpha value is -1.51. The van der Waals surface area contributed by atoms with Gasteiger partial charge in [0, 0.05) is 18.0 Å². The van der Waals surface area contributed by atoms with E-state index in [4.69, 9.17) is 5.11 Å². The molecule has 3 nitrogen and oxygen atoms in total. The van der Waals surface area contributed by atoms with Gasteiger partial charge in [0.15, 0.2) is 0 Å². The van der Waals surface area contributed by atoms with Crippen LogP contribution in [0.5, 0.6) is 0 Å². The summed E-state index contributed by atoms with van der Waals surface area (Å²) in [4.78, 5) is 13.6. The molecule has 0 saturated heterocycles. The third kappa shape index (κ3) is 1.80. The van der Waals surface area contributed by atoms with Crippen molar-refractivity contribution in [3.8, 4) is 0 Å². The molecule has 1 fully saturated rings. The van der Waals surface area contributed by atoms with Crippen LogP contribution in [0.15, 0.2) is 24.4 Å². The van der Waals surface area contributed by atoms with Gasteiger partial charge in [-0.3, -0.25) is 0 Å². The molecular weight excluding hydrogens is 166 g/mol. The zero-order valence-electron chi connectivity index (χ0n) is 7.16. The average molecular weight is 177 g/mol. The van der Waals surface area contributed by atoms with Crippen molar-refractivity contribution in [1.82, 2.24) is 4.98 Å². The van der Waals surface area contributed by atoms with Crippen molar-refractivity contribution in [2.45, 2.75) is 12.8 Å². The molecule has 0 amide bonds. The third-order valence-electron chi connectivity index (χ3n) is 2.21. The summed E-state index contributed by atoms with van der Waals surface area (Å²) in [7, 11) is 0. The first-order valence-electron chi connectivity index (χ1n) is 4.35. The van der Waals surface area contributed by atoms with Gasteiger partial charge in [0.25, 0.3) is 0 Å². The minimum atomic E-state index is -0.864. The average Bonchev–Trinajstić information content (AvgIpc) is 2.77. The van der Waals surface area contributed by atoms with Gasteiger partial charge in [-0.25, -0.2) is 4.79 Å². The molecular formula is C10H11NO2. The van der Waals surface area contributed by atoms with Gasteiger partial charge >= 0.3 is 5.97 Å². The van der Waals surface area contributed by atoms with Gasteiger partial charge in [-0.1, -0.05) is 0 Å². The van der Waals surface area contributed by atoms with Crippen molar-refractivity contribution in [3.63, 3.8) is 0 Å². The number of aliphatic carboxylic acids is 1. The standard InChI is InChI=1S/C10H11NO2/c12-10(13)6-8(7-3-4-7)9-2-1-5-11-9/h1-2,5-7,11H,3-4H2,(H,12,13)/b8-6-. The normalized spacial score (nSPS) is 17.4. The summed E-state index contributed by atoms with van der Waals surface area (Å²) >= 11 is 0. The highest BCUT2D eigenvalue weighted by Crippen LogP contribution is 2.41. The fourth-order valence-corrected chi connectivity index (χ4v) is 1.45. The van der Waals surface area contributed by atoms with Crippen molar-refractivity contribution in [1.29, 1.82) is 0 Å². The molecule has 0 spiro atoms. The molecule has 1 heterocycles. The molecule has 13 heavy (non-hydrogen) atoms. The van der Waals surface area contributed by atoms with Gasteiger partial charge in [0.05, 0.1) is 0 Å². The second kappa shape index (κ2) is 3.09. The van der Waals surface area contributed by atoms with Crippen LogP contribution in [0.3, 0.4) is 0 Å². The minimum absolute atomic E-state index is 0.453. The molecule has 0 unspecified atom stereocenters. The molecule has 0 aromatic carbocycles. The van der Waals surface area contributed by atoms with Gasteiger partial charge in [-0.15, -0.1) is 0 Å². The number of allylic oxidation sites excluding steroid dienone is 1. The maximum atomic E-state index is 10.5. The molecule has 3 heteroatoms. The zero-order chi connectivity index (χ0) is 9.26. The molecule has 0 aliphatic heterocycles. The van der Waals surface area contributed by atoms with E-state index in [9.17, 15) is 4.79 Å². The second-order valence-electron chi connectivity index (χ2n) is 3.30. The molecule has 2 N–H and O–H groups in total. The van der Waals surface area contributed by atoms with E-state index in [0.717, 1.165) is 24.1 Å². The number of carboxylic acids is 1. The van der Waals surface area contributed by atoms with E-state index in [1.807, 2.05) is 18.3 Å². The van der Waals surface area contributed by atoms with E-state index in [0.29, 0.717) is 5.92 Å². The van der Waals surface area contributed by atoms with Crippen molar-refractivity contribution in [2.75, 3.05) is 0 Å². The fraction of sp³-hybridized carbons (Fsp3) is 0.300. The van der Waals surface area contributed by atoms with Crippen LogP contribution in [-0.4, -0.2) is 16.1 Å². The molecule has 0 bridgehead atoms. The van der Waals surface area contributed by atoms with Crippen LogP contribution < -0.4 is 0 Å². The summed E-state index contributed by atoms with van der Waals surface area (Å²) in [6.07, 6.45) is 5.34. The first kappa shape index (κ1) is 8.10. The lowest BCUT2D eigenvalue weighted by molar-refractivity contribution is -0.131. The summed E-state index contributed by atoms with van der Waals surface area (Å²) in [6.45, 7) is 0. The largest absolute Gasteiger partial charge is 0.478 e. The maximum Gasteiger partial charge on any atom is 0.328 e. The number of carboxylic acid groups (broad SMARTS) is 1. The Morgan fingerprint density at radius 3 is 2.85 bits per heavy atom. The molecule has 0 radical (unpaired) electrons. The SMILES string of the molecule is O=C(O)/C=C(\c1ccc[nH]1)C1CC1. The monoisotopic (exact) mass is 177 g/mol. The summed E-state index contributed by atoms with van der Waals surface area (Å²) in [5.74, 6) is -0.411. The highest BCUT2D eigenvalue weighted by atomic mass is 16.4. The first-order valence-corrected chi connectivity index (χ1v) is 4.35. The molecule has 1 saturated carbocycles. The summed E-state index contributed by atoms with van der Waals surface area (Å²) in [5, 5.41) is 8.67. The summed E-state index contributed by atoms with van der Waals surface area (Å²) < 4.78 is 0. The Labute approximate surface area is 76.1 Å². The second-order valence-corrected chi connectivity index (χ2v) is 3.30. The van der Waals surface area contributed by atoms with Crippen molar-refractivity contribution in [3.05, 3.63) is 30.1 Å². The Balaban J connectivity index is 2.29. The highest BCUT2D eigenvalue weighted by Gasteiger charge is 2.27. The highest BCUT2D eigenvalue weighted by molar-refractivity contribution is 5.90. The predicted octanol–water partition coefficient (Wildman–Crippen LogP) is 1.89. The van der Waals surface area contributed by atoms with Gasteiger partial charge < -0.3 is 10.1 Å². The Bertz CT molecular complexity index is 334. The van der Waals surface area contributed by atoms with Gasteiger partial charge in [-0.05, 0) is 36.5 Å². The maximum absolute atomic E-state index is 10.5. The molecule has 68 valence electrons. The fourth-order valence-electron chi connectivity index (χ4n) is 1.45. The third-order valence-corrected chi connectivity index (χ3v) is 2.21. The molecule has 0 atom stereocenters. The van der Waals surface area contributed by atoms with Crippen molar-refractivity contribution in [2.24, 2.45) is 5.92 Å². The number of aromatic amines is 1. The first-order chi connectivity index (χ1) is 6.27. The summed E-state index contributed by atoms with van der Waals surface area (Å²) in [6, 6.07) is 3.79. The summed E-state index contributed by atoms with van der Waals surface area (Å²) in [5.41, 5.74) is 1.86. The molecule has 1 aliphatic rings. The van der Waals surface area contributed by atoms with E-state index >= 15 is 0 Å². The number of H-pyrrole nitrogens is 1. The van der Waals surface area contributed by atoms with Crippen LogP contribution in [0, 0.1) is 5.92 Å². The number of rotatable bonds is 3. The molecule has 2 rings (SSSR count). The molecule has 1 aliphatic carbocycles. The topological polar surface area (TPSA) is 53.1 Å². The lowest BCUT2D eigenvalue weighted by Gasteiger charge is -2.00. The quantitative estimate of drug-likeness (QED) is 0.693. The van der Waals surface area contributed by atoms with Gasteiger partial charge in [-0.2, -0.15) is 0 Å². The van der Waals surface area contributed by atoms with E-state index in [1.165, 1.54) is 6.08 Å². The van der Waals surface area contributed by atoms with Crippen LogP contribution in [0.2, 0.25) is 0 Å². The van der Waals surface area contributed by atoms with E-state index in [1.54, 1.807) is 0 Å². The minimum Gasteiger partial charge on any atom is -0.478 e. The van der Waals surface area contributed by atoms with E-state index < -0.39 is 5.97 Å². The van der Waals surface area contributed by atoms with Gasteiger partial charge in [0.1, 0.15) is 0 Å². The number of hydrogen-bond donors (Lipinski definition) is 2. The smallest absolute Gasteiger partial charge is 0.328 e. The number of carbonyl (C=O) groups is 1. The lowest BCUT2D eigenvalue weighted by atomic mass is 10.1.